The lowest BCUT2D eigenvalue weighted by atomic mass is 9.87. The third-order valence-corrected chi connectivity index (χ3v) is 9.36. The van der Waals surface area contributed by atoms with Crippen LogP contribution in [0.15, 0.2) is 60.7 Å². The summed E-state index contributed by atoms with van der Waals surface area (Å²) in [6.07, 6.45) is 3.43. The molecule has 0 aromatic heterocycles. The quantitative estimate of drug-likeness (QED) is 0.312. The van der Waals surface area contributed by atoms with Gasteiger partial charge in [0.15, 0.2) is 0 Å². The van der Waals surface area contributed by atoms with Crippen molar-refractivity contribution in [2.24, 2.45) is 0 Å². The molecule has 45 heavy (non-hydrogen) atoms. The molecule has 0 saturated carbocycles. The predicted molar refractivity (Wildman–Crippen MR) is 171 cm³/mol. The van der Waals surface area contributed by atoms with E-state index in [0.29, 0.717) is 36.8 Å². The lowest BCUT2D eigenvalue weighted by Crippen LogP contribution is -2.49. The Morgan fingerprint density at radius 2 is 1.82 bits per heavy atom. The number of halogens is 1. The minimum Gasteiger partial charge on any atom is -0.497 e. The average Bonchev–Trinajstić information content (AvgIpc) is 3.68. The van der Waals surface area contributed by atoms with Gasteiger partial charge in [0, 0.05) is 56.5 Å². The molecule has 10 heteroatoms. The minimum absolute atomic E-state index is 0.0216. The number of aliphatic hydroxyl groups is 2. The van der Waals surface area contributed by atoms with Crippen molar-refractivity contribution in [3.05, 3.63) is 82.4 Å². The summed E-state index contributed by atoms with van der Waals surface area (Å²) in [5.41, 5.74) is 2.30. The largest absolute Gasteiger partial charge is 0.497 e. The van der Waals surface area contributed by atoms with Crippen LogP contribution in [-0.2, 0) is 13.0 Å². The molecule has 2 N–H and O–H groups in total. The van der Waals surface area contributed by atoms with Crippen LogP contribution in [0.1, 0.15) is 47.2 Å². The molecule has 3 aliphatic heterocycles. The summed E-state index contributed by atoms with van der Waals surface area (Å²) in [6, 6.07) is 18.4. The number of likely N-dealkylation sites (tertiary alicyclic amines) is 2. The zero-order chi connectivity index (χ0) is 31.4. The van der Waals surface area contributed by atoms with Crippen LogP contribution >= 0.6 is 11.6 Å². The van der Waals surface area contributed by atoms with Crippen molar-refractivity contribution < 1.29 is 34.0 Å². The Balaban J connectivity index is 1.08. The molecular formula is C35H41ClN2O7. The number of amides is 1. The van der Waals surface area contributed by atoms with E-state index >= 15 is 0 Å². The summed E-state index contributed by atoms with van der Waals surface area (Å²) in [4.78, 5) is 17.5. The molecule has 3 aromatic carbocycles. The van der Waals surface area contributed by atoms with Crippen LogP contribution in [0, 0.1) is 0 Å². The number of fused-ring (bicyclic) bond motifs is 1. The Morgan fingerprint density at radius 3 is 2.58 bits per heavy atom. The van der Waals surface area contributed by atoms with Crippen molar-refractivity contribution in [3.8, 4) is 23.0 Å². The molecule has 1 spiro atoms. The van der Waals surface area contributed by atoms with E-state index in [4.69, 9.17) is 30.5 Å². The summed E-state index contributed by atoms with van der Waals surface area (Å²) < 4.78 is 23.8. The van der Waals surface area contributed by atoms with Crippen LogP contribution in [0.4, 0.5) is 0 Å². The van der Waals surface area contributed by atoms with Gasteiger partial charge in [-0.1, -0.05) is 23.7 Å². The second-order valence-electron chi connectivity index (χ2n) is 12.3. The fourth-order valence-electron chi connectivity index (χ4n) is 6.59. The van der Waals surface area contributed by atoms with Crippen molar-refractivity contribution in [3.63, 3.8) is 0 Å². The van der Waals surface area contributed by atoms with Gasteiger partial charge in [-0.3, -0.25) is 4.79 Å². The number of carbonyl (C=O) groups excluding carboxylic acids is 1. The molecule has 9 nitrogen and oxygen atoms in total. The highest BCUT2D eigenvalue weighted by Crippen LogP contribution is 2.42. The first-order chi connectivity index (χ1) is 21.8. The third kappa shape index (κ3) is 7.33. The first-order valence-corrected chi connectivity index (χ1v) is 16.0. The van der Waals surface area contributed by atoms with E-state index in [9.17, 15) is 15.0 Å². The maximum Gasteiger partial charge on any atom is 0.257 e. The van der Waals surface area contributed by atoms with Crippen molar-refractivity contribution in [1.82, 2.24) is 9.80 Å². The number of piperidine rings is 1. The maximum atomic E-state index is 13.6. The van der Waals surface area contributed by atoms with Crippen molar-refractivity contribution in [2.75, 3.05) is 46.5 Å². The van der Waals surface area contributed by atoms with Crippen molar-refractivity contribution in [1.29, 1.82) is 0 Å². The van der Waals surface area contributed by atoms with Gasteiger partial charge in [-0.2, -0.15) is 0 Å². The van der Waals surface area contributed by atoms with Crippen molar-refractivity contribution >= 4 is 17.5 Å². The van der Waals surface area contributed by atoms with E-state index in [1.54, 1.807) is 30.2 Å². The van der Waals surface area contributed by atoms with E-state index in [-0.39, 0.29) is 30.8 Å². The Kier molecular flexibility index (Phi) is 9.70. The molecule has 3 aliphatic rings. The van der Waals surface area contributed by atoms with Gasteiger partial charge >= 0.3 is 0 Å². The van der Waals surface area contributed by atoms with Gasteiger partial charge in [-0.25, -0.2) is 0 Å². The number of benzene rings is 3. The molecule has 1 amide bonds. The third-order valence-electron chi connectivity index (χ3n) is 9.13. The van der Waals surface area contributed by atoms with E-state index in [1.165, 1.54) is 0 Å². The van der Waals surface area contributed by atoms with Gasteiger partial charge in [0.05, 0.1) is 25.3 Å². The smallest absolute Gasteiger partial charge is 0.257 e. The molecule has 2 atom stereocenters. The van der Waals surface area contributed by atoms with Gasteiger partial charge in [0.25, 0.3) is 5.91 Å². The topological polar surface area (TPSA) is 101 Å². The van der Waals surface area contributed by atoms with Gasteiger partial charge in [-0.05, 0) is 66.4 Å². The van der Waals surface area contributed by atoms with E-state index < -0.39 is 6.10 Å². The van der Waals surface area contributed by atoms with Crippen LogP contribution in [0.5, 0.6) is 23.0 Å². The van der Waals surface area contributed by atoms with E-state index in [0.717, 1.165) is 72.8 Å². The summed E-state index contributed by atoms with van der Waals surface area (Å²) in [5.74, 6) is 2.39. The number of aliphatic hydroxyl groups excluding tert-OH is 2. The fourth-order valence-corrected chi connectivity index (χ4v) is 6.78. The number of β-amino-alcohol motifs (C(OH)–C–C–N with tert-alkyl or cyclic N) is 1. The SMILES string of the molecule is COc1ccc(COc2ccc(C(=O)N3CCC[C@@H]3CO)c(OC[C@@H](O)CN3CCC4(CC3)Cc3cc(Cl)ccc3O4)c2)cc1. The van der Waals surface area contributed by atoms with Gasteiger partial charge < -0.3 is 39.0 Å². The number of carbonyl (C=O) groups is 1. The minimum atomic E-state index is -0.761. The van der Waals surface area contributed by atoms with Crippen LogP contribution in [0.3, 0.4) is 0 Å². The van der Waals surface area contributed by atoms with E-state index in [1.807, 2.05) is 42.5 Å². The number of rotatable bonds is 11. The van der Waals surface area contributed by atoms with Crippen LogP contribution in [-0.4, -0.2) is 90.2 Å². The van der Waals surface area contributed by atoms with Gasteiger partial charge in [0.2, 0.25) is 0 Å². The lowest BCUT2D eigenvalue weighted by molar-refractivity contribution is -0.00204. The number of methoxy groups -OCH3 is 1. The molecule has 240 valence electrons. The standard InChI is InChI=1S/C35H41ClN2O7/c1-42-29-7-4-24(5-8-29)22-43-30-9-10-31(34(41)38-14-2-3-27(38)21-39)33(18-30)44-23-28(40)20-37-15-12-35(13-16-37)19-25-17-26(36)6-11-32(25)45-35/h4-11,17-18,27-28,39-40H,2-3,12-16,19-23H2,1H3/t27-,28+/m1/s1. The number of hydrogen-bond acceptors (Lipinski definition) is 8. The Bertz CT molecular complexity index is 1480. The highest BCUT2D eigenvalue weighted by Gasteiger charge is 2.42. The van der Waals surface area contributed by atoms with Crippen LogP contribution < -0.4 is 18.9 Å². The second kappa shape index (κ2) is 13.9. The summed E-state index contributed by atoms with van der Waals surface area (Å²) >= 11 is 6.19. The molecule has 0 radical (unpaired) electrons. The van der Waals surface area contributed by atoms with Gasteiger partial charge in [0.1, 0.15) is 47.9 Å². The molecule has 6 rings (SSSR count). The molecule has 3 aromatic rings. The molecule has 2 fully saturated rings. The predicted octanol–water partition coefficient (Wildman–Crippen LogP) is 4.73. The monoisotopic (exact) mass is 636 g/mol. The first-order valence-electron chi connectivity index (χ1n) is 15.7. The molecule has 0 aliphatic carbocycles. The van der Waals surface area contributed by atoms with Crippen LogP contribution in [0.2, 0.25) is 5.02 Å². The second-order valence-corrected chi connectivity index (χ2v) is 12.7. The molecule has 0 unspecified atom stereocenters. The average molecular weight is 637 g/mol. The van der Waals surface area contributed by atoms with E-state index in [2.05, 4.69) is 4.90 Å². The molecular weight excluding hydrogens is 596 g/mol. The normalized spacial score (nSPS) is 19.6. The Hall–Kier alpha value is -3.50. The zero-order valence-electron chi connectivity index (χ0n) is 25.6. The number of nitrogens with zero attached hydrogens (tertiary/aromatic N) is 2. The molecule has 2 saturated heterocycles. The van der Waals surface area contributed by atoms with Crippen molar-refractivity contribution in [2.45, 2.75) is 56.5 Å². The first kappa shape index (κ1) is 31.5. The van der Waals surface area contributed by atoms with Gasteiger partial charge in [-0.15, -0.1) is 0 Å². The summed E-state index contributed by atoms with van der Waals surface area (Å²) in [5, 5.41) is 21.5. The number of ether oxygens (including phenoxy) is 4. The Labute approximate surface area is 269 Å². The summed E-state index contributed by atoms with van der Waals surface area (Å²) in [7, 11) is 1.63. The number of hydrogen-bond donors (Lipinski definition) is 2. The highest BCUT2D eigenvalue weighted by atomic mass is 35.5. The Morgan fingerprint density at radius 1 is 1.04 bits per heavy atom. The van der Waals surface area contributed by atoms with Crippen LogP contribution in [0.25, 0.3) is 0 Å². The zero-order valence-corrected chi connectivity index (χ0v) is 26.4. The maximum absolute atomic E-state index is 13.6. The molecule has 3 heterocycles. The fraction of sp³-hybridized carbons (Fsp3) is 0.457. The highest BCUT2D eigenvalue weighted by molar-refractivity contribution is 6.30. The molecule has 0 bridgehead atoms. The summed E-state index contributed by atoms with van der Waals surface area (Å²) in [6.45, 7) is 2.91. The lowest BCUT2D eigenvalue weighted by Gasteiger charge is -2.39.